The second-order valence-corrected chi connectivity index (χ2v) is 7.45. The molecule has 3 heterocycles. The van der Waals surface area contributed by atoms with Crippen LogP contribution in [0.5, 0.6) is 0 Å². The van der Waals surface area contributed by atoms with Gasteiger partial charge in [0.05, 0.1) is 0 Å². The van der Waals surface area contributed by atoms with Crippen LogP contribution in [0.1, 0.15) is 10.4 Å². The number of anilines is 2. The molecule has 0 aliphatic carbocycles. The van der Waals surface area contributed by atoms with Crippen molar-refractivity contribution in [2.24, 2.45) is 0 Å². The summed E-state index contributed by atoms with van der Waals surface area (Å²) in [6.07, 6.45) is 1.73. The number of likely N-dealkylation sites (N-methyl/N-ethyl adjacent to an activating group) is 1. The van der Waals surface area contributed by atoms with Crippen LogP contribution >= 0.6 is 0 Å². The fourth-order valence-corrected chi connectivity index (χ4v) is 3.76. The van der Waals surface area contributed by atoms with Crippen LogP contribution in [0, 0.1) is 5.82 Å². The van der Waals surface area contributed by atoms with Crippen LogP contribution in [0.4, 0.5) is 15.9 Å². The third-order valence-corrected chi connectivity index (χ3v) is 5.58. The van der Waals surface area contributed by atoms with Crippen LogP contribution in [0.25, 0.3) is 0 Å². The Balaban J connectivity index is 1.39. The van der Waals surface area contributed by atoms with Crippen molar-refractivity contribution >= 4 is 17.4 Å². The van der Waals surface area contributed by atoms with Gasteiger partial charge in [-0.1, -0.05) is 0 Å². The third kappa shape index (κ3) is 4.09. The average Bonchev–Trinajstić information content (AvgIpc) is 2.75. The molecule has 4 rings (SSSR count). The molecule has 1 aromatic carbocycles. The Morgan fingerprint density at radius 2 is 1.54 bits per heavy atom. The lowest BCUT2D eigenvalue weighted by atomic mass is 10.2. The third-order valence-electron chi connectivity index (χ3n) is 5.58. The van der Waals surface area contributed by atoms with Crippen LogP contribution in [0.2, 0.25) is 0 Å². The summed E-state index contributed by atoms with van der Waals surface area (Å²) in [7, 11) is 2.08. The number of benzene rings is 1. The van der Waals surface area contributed by atoms with Gasteiger partial charge in [-0.3, -0.25) is 4.79 Å². The first-order chi connectivity index (χ1) is 13.6. The molecular weight excluding hydrogens is 357 g/mol. The highest BCUT2D eigenvalue weighted by molar-refractivity contribution is 5.95. The van der Waals surface area contributed by atoms with E-state index in [9.17, 15) is 9.18 Å². The minimum absolute atomic E-state index is 0.0849. The molecule has 1 amide bonds. The Kier molecular flexibility index (Phi) is 5.43. The summed E-state index contributed by atoms with van der Waals surface area (Å²) in [6.45, 7) is 6.66. The van der Waals surface area contributed by atoms with Gasteiger partial charge in [0, 0.05) is 69.8 Å². The van der Waals surface area contributed by atoms with Crippen molar-refractivity contribution in [1.82, 2.24) is 14.8 Å². The van der Waals surface area contributed by atoms with Gasteiger partial charge in [-0.05, 0) is 43.4 Å². The van der Waals surface area contributed by atoms with Crippen molar-refractivity contribution in [1.29, 1.82) is 0 Å². The number of amides is 1. The van der Waals surface area contributed by atoms with Crippen molar-refractivity contribution < 1.29 is 9.18 Å². The van der Waals surface area contributed by atoms with Gasteiger partial charge in [-0.25, -0.2) is 9.37 Å². The van der Waals surface area contributed by atoms with Gasteiger partial charge in [0.15, 0.2) is 0 Å². The number of carbonyl (C=O) groups excluding carboxylic acids is 1. The summed E-state index contributed by atoms with van der Waals surface area (Å²) in [5.74, 6) is 0.717. The predicted octanol–water partition coefficient (Wildman–Crippen LogP) is 1.93. The van der Waals surface area contributed by atoms with Crippen molar-refractivity contribution in [2.45, 2.75) is 0 Å². The Hall–Kier alpha value is -2.67. The summed E-state index contributed by atoms with van der Waals surface area (Å²) in [5.41, 5.74) is 1.74. The summed E-state index contributed by atoms with van der Waals surface area (Å²) in [4.78, 5) is 25.9. The van der Waals surface area contributed by atoms with Gasteiger partial charge >= 0.3 is 0 Å². The van der Waals surface area contributed by atoms with Crippen LogP contribution in [0.15, 0.2) is 42.6 Å². The van der Waals surface area contributed by atoms with Crippen molar-refractivity contribution in [2.75, 3.05) is 69.2 Å². The molecule has 2 aliphatic heterocycles. The lowest BCUT2D eigenvalue weighted by Gasteiger charge is -2.37. The number of pyridine rings is 1. The first kappa shape index (κ1) is 18.7. The largest absolute Gasteiger partial charge is 0.368 e. The van der Waals surface area contributed by atoms with Gasteiger partial charge in [0.25, 0.3) is 5.91 Å². The number of hydrogen-bond donors (Lipinski definition) is 0. The quantitative estimate of drug-likeness (QED) is 0.810. The maximum Gasteiger partial charge on any atom is 0.254 e. The second-order valence-electron chi connectivity index (χ2n) is 7.45. The van der Waals surface area contributed by atoms with E-state index in [1.165, 1.54) is 12.1 Å². The van der Waals surface area contributed by atoms with E-state index in [1.54, 1.807) is 12.3 Å². The Bertz CT molecular complexity index is 812. The molecule has 1 aromatic heterocycles. The van der Waals surface area contributed by atoms with E-state index in [0.717, 1.165) is 63.9 Å². The Labute approximate surface area is 165 Å². The predicted molar refractivity (Wildman–Crippen MR) is 108 cm³/mol. The molecule has 2 aromatic rings. The van der Waals surface area contributed by atoms with Gasteiger partial charge in [0.1, 0.15) is 11.6 Å². The summed E-state index contributed by atoms with van der Waals surface area (Å²) >= 11 is 0. The van der Waals surface area contributed by atoms with Crippen molar-refractivity contribution in [3.8, 4) is 0 Å². The molecule has 2 saturated heterocycles. The fraction of sp³-hybridized carbons (Fsp3) is 0.429. The number of aromatic nitrogens is 1. The number of nitrogens with zero attached hydrogens (tertiary/aromatic N) is 5. The van der Waals surface area contributed by atoms with Crippen molar-refractivity contribution in [3.63, 3.8) is 0 Å². The molecule has 148 valence electrons. The number of rotatable bonds is 3. The molecule has 28 heavy (non-hydrogen) atoms. The van der Waals surface area contributed by atoms with Gasteiger partial charge in [-0.2, -0.15) is 0 Å². The normalized spacial score (nSPS) is 18.4. The lowest BCUT2D eigenvalue weighted by Crippen LogP contribution is -2.47. The maximum absolute atomic E-state index is 13.1. The Morgan fingerprint density at radius 1 is 0.893 bits per heavy atom. The first-order valence-electron chi connectivity index (χ1n) is 9.79. The van der Waals surface area contributed by atoms with E-state index in [0.29, 0.717) is 5.56 Å². The van der Waals surface area contributed by atoms with E-state index in [2.05, 4.69) is 26.7 Å². The first-order valence-corrected chi connectivity index (χ1v) is 9.79. The molecule has 0 unspecified atom stereocenters. The smallest absolute Gasteiger partial charge is 0.254 e. The van der Waals surface area contributed by atoms with E-state index >= 15 is 0 Å². The number of halogens is 1. The summed E-state index contributed by atoms with van der Waals surface area (Å²) < 4.78 is 13.1. The van der Waals surface area contributed by atoms with E-state index in [1.807, 2.05) is 23.1 Å². The zero-order valence-corrected chi connectivity index (χ0v) is 16.2. The molecule has 0 bridgehead atoms. The topological polar surface area (TPSA) is 42.9 Å². The zero-order chi connectivity index (χ0) is 19.5. The molecule has 7 heteroatoms. The molecule has 0 spiro atoms. The highest BCUT2D eigenvalue weighted by Crippen LogP contribution is 2.21. The van der Waals surface area contributed by atoms with Gasteiger partial charge < -0.3 is 19.6 Å². The molecule has 2 aliphatic rings. The molecule has 0 saturated carbocycles. The fourth-order valence-electron chi connectivity index (χ4n) is 3.76. The summed E-state index contributed by atoms with van der Waals surface area (Å²) in [5, 5.41) is 0. The van der Waals surface area contributed by atoms with Crippen LogP contribution < -0.4 is 9.80 Å². The van der Waals surface area contributed by atoms with Crippen molar-refractivity contribution in [3.05, 3.63) is 54.0 Å². The standard InChI is InChI=1S/C21H26FN5O/c1-24-8-10-27(11-9-24)21(28)17-6-7-23-20(16-17)26-14-12-25(13-15-26)19-4-2-18(22)3-5-19/h2-7,16H,8-15H2,1H3. The van der Waals surface area contributed by atoms with E-state index in [-0.39, 0.29) is 11.7 Å². The molecule has 0 N–H and O–H groups in total. The monoisotopic (exact) mass is 383 g/mol. The van der Waals surface area contributed by atoms with E-state index < -0.39 is 0 Å². The molecule has 2 fully saturated rings. The SMILES string of the molecule is CN1CCN(C(=O)c2ccnc(N3CCN(c4ccc(F)cc4)CC3)c2)CC1. The zero-order valence-electron chi connectivity index (χ0n) is 16.2. The molecule has 0 radical (unpaired) electrons. The second kappa shape index (κ2) is 8.14. The average molecular weight is 383 g/mol. The molecule has 6 nitrogen and oxygen atoms in total. The minimum atomic E-state index is -0.214. The van der Waals surface area contributed by atoms with Crippen LogP contribution in [-0.2, 0) is 0 Å². The highest BCUT2D eigenvalue weighted by atomic mass is 19.1. The summed E-state index contributed by atoms with van der Waals surface area (Å²) in [6, 6.07) is 10.3. The van der Waals surface area contributed by atoms with Crippen LogP contribution in [-0.4, -0.2) is 80.1 Å². The minimum Gasteiger partial charge on any atom is -0.368 e. The number of piperazine rings is 2. The maximum atomic E-state index is 13.1. The van der Waals surface area contributed by atoms with Gasteiger partial charge in [0.2, 0.25) is 0 Å². The lowest BCUT2D eigenvalue weighted by molar-refractivity contribution is 0.0664. The number of hydrogen-bond acceptors (Lipinski definition) is 5. The molecule has 0 atom stereocenters. The van der Waals surface area contributed by atoms with Gasteiger partial charge in [-0.15, -0.1) is 0 Å². The molecular formula is C21H26FN5O. The van der Waals surface area contributed by atoms with Crippen LogP contribution in [0.3, 0.4) is 0 Å². The van der Waals surface area contributed by atoms with E-state index in [4.69, 9.17) is 0 Å². The Morgan fingerprint density at radius 3 is 2.21 bits per heavy atom. The highest BCUT2D eigenvalue weighted by Gasteiger charge is 2.23. The number of carbonyl (C=O) groups is 1.